The highest BCUT2D eigenvalue weighted by atomic mass is 16.4. The molecule has 3 aromatic rings. The molecule has 0 aliphatic rings. The molecule has 32 heavy (non-hydrogen) atoms. The molecule has 0 amide bonds. The highest BCUT2D eigenvalue weighted by molar-refractivity contribution is 6.00. The van der Waals surface area contributed by atoms with E-state index >= 15 is 0 Å². The highest BCUT2D eigenvalue weighted by Crippen LogP contribution is 2.64. The van der Waals surface area contributed by atoms with Crippen molar-refractivity contribution in [2.45, 2.75) is 6.92 Å². The molecule has 0 saturated carbocycles. The molecule has 0 aliphatic carbocycles. The van der Waals surface area contributed by atoms with E-state index in [2.05, 4.69) is 0 Å². The van der Waals surface area contributed by atoms with Crippen LogP contribution in [0.1, 0.15) is 5.56 Å². The van der Waals surface area contributed by atoms with Crippen molar-refractivity contribution in [3.63, 3.8) is 0 Å². The van der Waals surface area contributed by atoms with Gasteiger partial charge in [0, 0.05) is 5.56 Å². The Hall–Kier alpha value is -4.94. The molecule has 0 fully saturated rings. The fourth-order valence-electron chi connectivity index (χ4n) is 3.15. The molecule has 3 rings (SSSR count). The fourth-order valence-corrected chi connectivity index (χ4v) is 3.15. The smallest absolute Gasteiger partial charge is 0.208 e. The Balaban J connectivity index is 2.50. The molecule has 0 aromatic heterocycles. The minimum absolute atomic E-state index is 0.391. The third-order valence-corrected chi connectivity index (χ3v) is 4.90. The van der Waals surface area contributed by atoms with Gasteiger partial charge in [-0.3, -0.25) is 0 Å². The van der Waals surface area contributed by atoms with Gasteiger partial charge in [0.05, 0.1) is 22.3 Å². The lowest BCUT2D eigenvalue weighted by molar-refractivity contribution is 0.329. The van der Waals surface area contributed by atoms with Gasteiger partial charge in [0.25, 0.3) is 0 Å². The number of phenolic OH excluding ortho intramolecular Hbond substituents is 13. The van der Waals surface area contributed by atoms with Gasteiger partial charge in [-0.2, -0.15) is 0 Å². The van der Waals surface area contributed by atoms with Crippen LogP contribution in [0.5, 0.6) is 74.7 Å². The third kappa shape index (κ3) is 2.57. The van der Waals surface area contributed by atoms with E-state index in [1.807, 2.05) is 0 Å². The average Bonchev–Trinajstić information content (AvgIpc) is 2.76. The molecular weight excluding hydrogens is 436 g/mol. The number of hydrogen-bond donors (Lipinski definition) is 13. The van der Waals surface area contributed by atoms with Gasteiger partial charge < -0.3 is 66.4 Å². The predicted octanol–water partition coefficient (Wildman–Crippen LogP) is 1.50. The molecule has 13 N–H and O–H groups in total. The molecule has 0 bridgehead atoms. The topological polar surface area (TPSA) is 263 Å². The summed E-state index contributed by atoms with van der Waals surface area (Å²) in [5, 5.41) is 131. The summed E-state index contributed by atoms with van der Waals surface area (Å²) in [6.07, 6.45) is 0. The van der Waals surface area contributed by atoms with Crippen LogP contribution < -0.4 is 0 Å². The first-order valence-electron chi connectivity index (χ1n) is 8.41. The minimum Gasteiger partial charge on any atom is -0.504 e. The zero-order valence-corrected chi connectivity index (χ0v) is 15.8. The Labute approximate surface area is 176 Å². The Morgan fingerprint density at radius 1 is 0.250 bits per heavy atom. The van der Waals surface area contributed by atoms with Crippen LogP contribution in [0.15, 0.2) is 0 Å². The van der Waals surface area contributed by atoms with Crippen molar-refractivity contribution in [2.75, 3.05) is 0 Å². The van der Waals surface area contributed by atoms with E-state index in [1.54, 1.807) is 0 Å². The number of benzene rings is 3. The maximum atomic E-state index is 10.4. The fraction of sp³-hybridized carbons (Fsp3) is 0.0526. The van der Waals surface area contributed by atoms with E-state index in [0.29, 0.717) is 0 Å². The molecular formula is C19H16O13. The first-order chi connectivity index (χ1) is 14.7. The maximum absolute atomic E-state index is 10.4. The lowest BCUT2D eigenvalue weighted by atomic mass is 9.92. The van der Waals surface area contributed by atoms with Gasteiger partial charge in [-0.05, 0) is 6.92 Å². The van der Waals surface area contributed by atoms with Crippen LogP contribution in [0.4, 0.5) is 0 Å². The summed E-state index contributed by atoms with van der Waals surface area (Å²) in [6, 6.07) is 0. The molecule has 0 radical (unpaired) electrons. The maximum Gasteiger partial charge on any atom is 0.208 e. The van der Waals surface area contributed by atoms with Gasteiger partial charge in [-0.25, -0.2) is 0 Å². The minimum atomic E-state index is -1.44. The van der Waals surface area contributed by atoms with Crippen LogP contribution in [0.3, 0.4) is 0 Å². The van der Waals surface area contributed by atoms with Gasteiger partial charge in [0.2, 0.25) is 17.2 Å². The molecule has 0 spiro atoms. The van der Waals surface area contributed by atoms with E-state index in [4.69, 9.17) is 0 Å². The lowest BCUT2D eigenvalue weighted by Crippen LogP contribution is -1.92. The van der Waals surface area contributed by atoms with Crippen LogP contribution >= 0.6 is 0 Å². The number of rotatable bonds is 2. The zero-order valence-electron chi connectivity index (χ0n) is 15.8. The SMILES string of the molecule is Cc1c(O)c(O)c(-c2c(O)c(O)c(-c3c(O)c(O)c(O)c(O)c3O)c(O)c2O)c(O)c1O. The second-order valence-electron chi connectivity index (χ2n) is 6.66. The molecule has 170 valence electrons. The summed E-state index contributed by atoms with van der Waals surface area (Å²) in [5.41, 5.74) is -4.83. The second-order valence-corrected chi connectivity index (χ2v) is 6.66. The van der Waals surface area contributed by atoms with E-state index in [1.165, 1.54) is 0 Å². The van der Waals surface area contributed by atoms with Gasteiger partial charge in [-0.1, -0.05) is 0 Å². The molecule has 13 heteroatoms. The summed E-state index contributed by atoms with van der Waals surface area (Å²) in [5.74, 6) is -17.0. The van der Waals surface area contributed by atoms with Crippen LogP contribution in [-0.4, -0.2) is 66.4 Å². The highest BCUT2D eigenvalue weighted by Gasteiger charge is 2.35. The standard InChI is InChI=1S/C19H16O13/c1-2-7(20)9(22)3(10(23)8(2)21)4-11(24)13(26)5(14(27)12(4)25)6-15(28)17(30)19(32)18(31)16(6)29/h20-32H,1H3. The summed E-state index contributed by atoms with van der Waals surface area (Å²) in [6.45, 7) is 1.10. The first kappa shape index (κ1) is 21.8. The molecule has 0 aliphatic heterocycles. The predicted molar refractivity (Wildman–Crippen MR) is 104 cm³/mol. The van der Waals surface area contributed by atoms with Crippen molar-refractivity contribution in [2.24, 2.45) is 0 Å². The normalized spacial score (nSPS) is 11.0. The van der Waals surface area contributed by atoms with Crippen molar-refractivity contribution in [3.05, 3.63) is 5.56 Å². The molecule has 0 heterocycles. The Morgan fingerprint density at radius 3 is 0.656 bits per heavy atom. The molecule has 0 saturated heterocycles. The monoisotopic (exact) mass is 452 g/mol. The lowest BCUT2D eigenvalue weighted by Gasteiger charge is -2.20. The summed E-state index contributed by atoms with van der Waals surface area (Å²) in [7, 11) is 0. The molecule has 3 aromatic carbocycles. The van der Waals surface area contributed by atoms with Crippen molar-refractivity contribution in [1.29, 1.82) is 0 Å². The van der Waals surface area contributed by atoms with Crippen LogP contribution in [0, 0.1) is 6.92 Å². The summed E-state index contributed by atoms with van der Waals surface area (Å²) >= 11 is 0. The third-order valence-electron chi connectivity index (χ3n) is 4.90. The molecule has 13 nitrogen and oxygen atoms in total. The van der Waals surface area contributed by atoms with Crippen molar-refractivity contribution >= 4 is 0 Å². The number of phenols is 13. The first-order valence-corrected chi connectivity index (χ1v) is 8.41. The van der Waals surface area contributed by atoms with Gasteiger partial charge in [0.15, 0.2) is 57.5 Å². The summed E-state index contributed by atoms with van der Waals surface area (Å²) in [4.78, 5) is 0. The van der Waals surface area contributed by atoms with Gasteiger partial charge in [0.1, 0.15) is 0 Å². The second kappa shape index (κ2) is 6.80. The van der Waals surface area contributed by atoms with E-state index in [0.717, 1.165) is 6.92 Å². The van der Waals surface area contributed by atoms with E-state index in [-0.39, 0.29) is 0 Å². The van der Waals surface area contributed by atoms with Crippen molar-refractivity contribution in [3.8, 4) is 97.0 Å². The Morgan fingerprint density at radius 2 is 0.406 bits per heavy atom. The van der Waals surface area contributed by atoms with Crippen LogP contribution in [-0.2, 0) is 0 Å². The van der Waals surface area contributed by atoms with E-state index in [9.17, 15) is 66.4 Å². The average molecular weight is 452 g/mol. The Bertz CT molecular complexity index is 1120. The van der Waals surface area contributed by atoms with Crippen molar-refractivity contribution < 1.29 is 66.4 Å². The van der Waals surface area contributed by atoms with E-state index < -0.39 is 103 Å². The number of hydrogen-bond acceptors (Lipinski definition) is 13. The van der Waals surface area contributed by atoms with Crippen molar-refractivity contribution in [1.82, 2.24) is 0 Å². The molecule has 0 unspecified atom stereocenters. The quantitative estimate of drug-likeness (QED) is 0.194. The largest absolute Gasteiger partial charge is 0.504 e. The van der Waals surface area contributed by atoms with Crippen LogP contribution in [0.2, 0.25) is 0 Å². The molecule has 0 atom stereocenters. The zero-order chi connectivity index (χ0) is 24.4. The summed E-state index contributed by atoms with van der Waals surface area (Å²) < 4.78 is 0. The van der Waals surface area contributed by atoms with Crippen LogP contribution in [0.25, 0.3) is 22.3 Å². The van der Waals surface area contributed by atoms with Gasteiger partial charge in [-0.15, -0.1) is 0 Å². The van der Waals surface area contributed by atoms with Gasteiger partial charge >= 0.3 is 0 Å². The Kier molecular flexibility index (Phi) is 4.62. The number of aromatic hydroxyl groups is 13.